The summed E-state index contributed by atoms with van der Waals surface area (Å²) in [5.41, 5.74) is 0.919. The third-order valence-corrected chi connectivity index (χ3v) is 4.97. The molecule has 0 bridgehead atoms. The average Bonchev–Trinajstić information content (AvgIpc) is 2.57. The van der Waals surface area contributed by atoms with Crippen LogP contribution in [-0.4, -0.2) is 42.3 Å². The summed E-state index contributed by atoms with van der Waals surface area (Å²) in [6.45, 7) is 1.23. The van der Waals surface area contributed by atoms with Gasteiger partial charge in [0.2, 0.25) is 10.0 Å². The highest BCUT2D eigenvalue weighted by atomic mass is 35.5. The Hall–Kier alpha value is -0.720. The van der Waals surface area contributed by atoms with Gasteiger partial charge in [0.15, 0.2) is 5.15 Å². The Bertz CT molecular complexity index is 518. The van der Waals surface area contributed by atoms with Crippen molar-refractivity contribution in [2.45, 2.75) is 25.7 Å². The summed E-state index contributed by atoms with van der Waals surface area (Å²) in [4.78, 5) is 0. The standard InChI is InChI=1S/C12H18ClN3O2S/c1-19(17,18)16-7-2-3-10(6-8-16)9-11-4-5-12(13)15-14-11/h4-5,10H,2-3,6-9H2,1H3. The van der Waals surface area contributed by atoms with Crippen molar-refractivity contribution in [2.75, 3.05) is 19.3 Å². The van der Waals surface area contributed by atoms with E-state index in [-0.39, 0.29) is 0 Å². The molecular weight excluding hydrogens is 286 g/mol. The molecule has 1 atom stereocenters. The minimum Gasteiger partial charge on any atom is -0.213 e. The second-order valence-electron chi connectivity index (χ2n) is 5.01. The molecule has 1 saturated heterocycles. The second-order valence-corrected chi connectivity index (χ2v) is 7.38. The minimum absolute atomic E-state index is 0.396. The Labute approximate surface area is 119 Å². The topological polar surface area (TPSA) is 63.2 Å². The Balaban J connectivity index is 1.94. The number of sulfonamides is 1. The summed E-state index contributed by atoms with van der Waals surface area (Å²) in [7, 11) is -3.06. The lowest BCUT2D eigenvalue weighted by Gasteiger charge is -2.17. The molecule has 2 rings (SSSR count). The van der Waals surface area contributed by atoms with Gasteiger partial charge >= 0.3 is 0 Å². The maximum absolute atomic E-state index is 11.5. The molecule has 1 unspecified atom stereocenters. The Morgan fingerprint density at radius 1 is 1.32 bits per heavy atom. The van der Waals surface area contributed by atoms with Crippen molar-refractivity contribution in [3.05, 3.63) is 23.0 Å². The van der Waals surface area contributed by atoms with Gasteiger partial charge < -0.3 is 0 Å². The van der Waals surface area contributed by atoms with Crippen molar-refractivity contribution in [3.8, 4) is 0 Å². The number of hydrogen-bond donors (Lipinski definition) is 0. The Morgan fingerprint density at radius 3 is 2.74 bits per heavy atom. The van der Waals surface area contributed by atoms with E-state index in [4.69, 9.17) is 11.6 Å². The van der Waals surface area contributed by atoms with Crippen LogP contribution in [-0.2, 0) is 16.4 Å². The van der Waals surface area contributed by atoms with Crippen molar-refractivity contribution in [2.24, 2.45) is 5.92 Å². The zero-order valence-corrected chi connectivity index (χ0v) is 12.5. The van der Waals surface area contributed by atoms with Crippen LogP contribution in [0.25, 0.3) is 0 Å². The summed E-state index contributed by atoms with van der Waals surface area (Å²) >= 11 is 5.70. The van der Waals surface area contributed by atoms with Gasteiger partial charge in [-0.15, -0.1) is 5.10 Å². The third kappa shape index (κ3) is 4.40. The van der Waals surface area contributed by atoms with Gasteiger partial charge in [0.25, 0.3) is 0 Å². The fraction of sp³-hybridized carbons (Fsp3) is 0.667. The SMILES string of the molecule is CS(=O)(=O)N1CCCC(Cc2ccc(Cl)nn2)CC1. The lowest BCUT2D eigenvalue weighted by molar-refractivity contribution is 0.412. The summed E-state index contributed by atoms with van der Waals surface area (Å²) in [5, 5.41) is 8.28. The number of aromatic nitrogens is 2. The van der Waals surface area contributed by atoms with E-state index in [1.807, 2.05) is 6.07 Å². The number of nitrogens with zero attached hydrogens (tertiary/aromatic N) is 3. The first-order valence-electron chi connectivity index (χ1n) is 6.38. The van der Waals surface area contributed by atoms with Gasteiger partial charge in [-0.1, -0.05) is 11.6 Å². The molecule has 0 spiro atoms. The lowest BCUT2D eigenvalue weighted by Crippen LogP contribution is -2.30. The molecule has 0 aliphatic carbocycles. The number of halogens is 1. The van der Waals surface area contributed by atoms with E-state index in [1.165, 1.54) is 6.26 Å². The summed E-state index contributed by atoms with van der Waals surface area (Å²) in [6, 6.07) is 3.62. The monoisotopic (exact) mass is 303 g/mol. The molecule has 1 aliphatic rings. The van der Waals surface area contributed by atoms with Crippen molar-refractivity contribution >= 4 is 21.6 Å². The van der Waals surface area contributed by atoms with E-state index in [0.717, 1.165) is 31.4 Å². The Kier molecular flexibility index (Phi) is 4.76. The minimum atomic E-state index is -3.06. The van der Waals surface area contributed by atoms with Gasteiger partial charge in [-0.3, -0.25) is 0 Å². The molecule has 1 aliphatic heterocycles. The van der Waals surface area contributed by atoms with E-state index in [0.29, 0.717) is 24.2 Å². The van der Waals surface area contributed by atoms with Gasteiger partial charge in [0.1, 0.15) is 0 Å². The van der Waals surface area contributed by atoms with Gasteiger partial charge in [0.05, 0.1) is 11.9 Å². The molecule has 1 aromatic heterocycles. The van der Waals surface area contributed by atoms with Crippen LogP contribution in [0.2, 0.25) is 5.15 Å². The molecule has 106 valence electrons. The molecule has 0 saturated carbocycles. The zero-order valence-electron chi connectivity index (χ0n) is 10.9. The number of hydrogen-bond acceptors (Lipinski definition) is 4. The predicted molar refractivity (Wildman–Crippen MR) is 74.5 cm³/mol. The van der Waals surface area contributed by atoms with Crippen molar-refractivity contribution in [3.63, 3.8) is 0 Å². The lowest BCUT2D eigenvalue weighted by atomic mass is 9.95. The highest BCUT2D eigenvalue weighted by Crippen LogP contribution is 2.22. The molecule has 19 heavy (non-hydrogen) atoms. The summed E-state index contributed by atoms with van der Waals surface area (Å²) in [5.74, 6) is 0.460. The fourth-order valence-electron chi connectivity index (χ4n) is 2.42. The third-order valence-electron chi connectivity index (χ3n) is 3.46. The molecule has 0 amide bonds. The summed E-state index contributed by atoms with van der Waals surface area (Å²) < 4.78 is 24.6. The highest BCUT2D eigenvalue weighted by molar-refractivity contribution is 7.88. The first kappa shape index (κ1) is 14.7. The van der Waals surface area contributed by atoms with Crippen LogP contribution in [0.1, 0.15) is 25.0 Å². The van der Waals surface area contributed by atoms with Gasteiger partial charge in [-0.05, 0) is 43.7 Å². The van der Waals surface area contributed by atoms with E-state index in [9.17, 15) is 8.42 Å². The molecule has 0 aromatic carbocycles. The maximum Gasteiger partial charge on any atom is 0.211 e. The van der Waals surface area contributed by atoms with Crippen LogP contribution in [0.3, 0.4) is 0 Å². The predicted octanol–water partition coefficient (Wildman–Crippen LogP) is 1.73. The van der Waals surface area contributed by atoms with E-state index in [1.54, 1.807) is 10.4 Å². The molecule has 5 nitrogen and oxygen atoms in total. The highest BCUT2D eigenvalue weighted by Gasteiger charge is 2.23. The molecule has 0 radical (unpaired) electrons. The van der Waals surface area contributed by atoms with Crippen molar-refractivity contribution in [1.29, 1.82) is 0 Å². The van der Waals surface area contributed by atoms with E-state index in [2.05, 4.69) is 10.2 Å². The van der Waals surface area contributed by atoms with Crippen LogP contribution in [0.5, 0.6) is 0 Å². The largest absolute Gasteiger partial charge is 0.213 e. The van der Waals surface area contributed by atoms with Gasteiger partial charge in [0, 0.05) is 13.1 Å². The molecule has 1 aromatic rings. The fourth-order valence-corrected chi connectivity index (χ4v) is 3.42. The quantitative estimate of drug-likeness (QED) is 0.853. The van der Waals surface area contributed by atoms with Crippen LogP contribution in [0.15, 0.2) is 12.1 Å². The van der Waals surface area contributed by atoms with E-state index < -0.39 is 10.0 Å². The first-order valence-corrected chi connectivity index (χ1v) is 8.61. The normalized spacial score (nSPS) is 22.1. The van der Waals surface area contributed by atoms with Crippen LogP contribution in [0.4, 0.5) is 0 Å². The zero-order chi connectivity index (χ0) is 13.9. The summed E-state index contributed by atoms with van der Waals surface area (Å²) in [6.07, 6.45) is 4.91. The van der Waals surface area contributed by atoms with Crippen molar-refractivity contribution < 1.29 is 8.42 Å². The smallest absolute Gasteiger partial charge is 0.211 e. The second kappa shape index (κ2) is 6.15. The molecule has 7 heteroatoms. The maximum atomic E-state index is 11.5. The van der Waals surface area contributed by atoms with Crippen LogP contribution >= 0.6 is 11.6 Å². The van der Waals surface area contributed by atoms with Crippen LogP contribution < -0.4 is 0 Å². The van der Waals surface area contributed by atoms with E-state index >= 15 is 0 Å². The average molecular weight is 304 g/mol. The molecular formula is C12H18ClN3O2S. The molecule has 1 fully saturated rings. The Morgan fingerprint density at radius 2 is 2.11 bits per heavy atom. The van der Waals surface area contributed by atoms with Gasteiger partial charge in [-0.25, -0.2) is 12.7 Å². The number of rotatable bonds is 3. The molecule has 2 heterocycles. The van der Waals surface area contributed by atoms with Crippen molar-refractivity contribution in [1.82, 2.24) is 14.5 Å². The van der Waals surface area contributed by atoms with Crippen LogP contribution in [0, 0.1) is 5.92 Å². The first-order chi connectivity index (χ1) is 8.95. The molecule has 0 N–H and O–H groups in total. The van der Waals surface area contributed by atoms with Gasteiger partial charge in [-0.2, -0.15) is 5.10 Å².